The van der Waals surface area contributed by atoms with Crippen LogP contribution in [0.3, 0.4) is 0 Å². The molecule has 0 atom stereocenters. The molecule has 1 rings (SSSR count). The van der Waals surface area contributed by atoms with Crippen molar-refractivity contribution < 1.29 is 0 Å². The van der Waals surface area contributed by atoms with Gasteiger partial charge in [-0.3, -0.25) is 0 Å². The Labute approximate surface area is 97.2 Å². The first-order valence-corrected chi connectivity index (χ1v) is 6.01. The molecular formula is C14H18S. The summed E-state index contributed by atoms with van der Waals surface area (Å²) < 4.78 is 0. The second kappa shape index (κ2) is 5.82. The number of allylic oxidation sites excluding steroid dienone is 6. The van der Waals surface area contributed by atoms with Crippen molar-refractivity contribution in [1.82, 2.24) is 0 Å². The molecule has 0 bridgehead atoms. The van der Waals surface area contributed by atoms with E-state index < -0.39 is 0 Å². The summed E-state index contributed by atoms with van der Waals surface area (Å²) in [4.78, 5) is 2.56. The van der Waals surface area contributed by atoms with Crippen LogP contribution in [-0.4, -0.2) is 0 Å². The Morgan fingerprint density at radius 1 is 1.27 bits per heavy atom. The molecule has 80 valence electrons. The van der Waals surface area contributed by atoms with E-state index in [0.717, 1.165) is 6.42 Å². The van der Waals surface area contributed by atoms with Crippen molar-refractivity contribution in [3.8, 4) is 0 Å². The number of hydrogen-bond acceptors (Lipinski definition) is 1. The zero-order chi connectivity index (χ0) is 11.3. The predicted octanol–water partition coefficient (Wildman–Crippen LogP) is 4.99. The summed E-state index contributed by atoms with van der Waals surface area (Å²) in [5, 5.41) is 0. The minimum atomic E-state index is 1.15. The minimum absolute atomic E-state index is 1.15. The van der Waals surface area contributed by atoms with E-state index in [1.54, 1.807) is 11.8 Å². The van der Waals surface area contributed by atoms with E-state index >= 15 is 0 Å². The third kappa shape index (κ3) is 3.28. The van der Waals surface area contributed by atoms with E-state index in [-0.39, 0.29) is 0 Å². The summed E-state index contributed by atoms with van der Waals surface area (Å²) in [5.41, 5.74) is 2.57. The average Bonchev–Trinajstić information content (AvgIpc) is 2.27. The normalized spacial score (nSPS) is 17.5. The van der Waals surface area contributed by atoms with E-state index in [1.807, 2.05) is 12.2 Å². The van der Waals surface area contributed by atoms with Crippen LogP contribution in [0.1, 0.15) is 26.7 Å². The fourth-order valence-electron chi connectivity index (χ4n) is 1.40. The molecule has 0 N–H and O–H groups in total. The molecule has 0 spiro atoms. The van der Waals surface area contributed by atoms with Gasteiger partial charge in [0.1, 0.15) is 0 Å². The highest BCUT2D eigenvalue weighted by atomic mass is 32.2. The van der Waals surface area contributed by atoms with Gasteiger partial charge in [0, 0.05) is 9.81 Å². The first-order valence-electron chi connectivity index (χ1n) is 5.20. The van der Waals surface area contributed by atoms with E-state index in [0.29, 0.717) is 0 Å². The Hall–Kier alpha value is -0.950. The Kier molecular flexibility index (Phi) is 4.70. The standard InChI is InChI=1S/C14H18S/c1-5-11(3)13(6-2)15-14-10-8-7-9-12(14)4/h5-6,9-10H,1-2,7-8H2,3-4H3/b13-11+. The molecule has 0 radical (unpaired) electrons. The molecule has 0 aromatic rings. The van der Waals surface area contributed by atoms with E-state index in [1.165, 1.54) is 27.4 Å². The molecule has 0 saturated carbocycles. The SMILES string of the molecule is C=C/C(C)=C(\C=C)SC1=CCCC=C1C. The zero-order valence-corrected chi connectivity index (χ0v) is 10.4. The van der Waals surface area contributed by atoms with Crippen molar-refractivity contribution in [2.75, 3.05) is 0 Å². The largest absolute Gasteiger partial charge is 0.0988 e. The highest BCUT2D eigenvalue weighted by Crippen LogP contribution is 2.35. The maximum absolute atomic E-state index is 3.85. The van der Waals surface area contributed by atoms with Crippen molar-refractivity contribution in [2.24, 2.45) is 0 Å². The fourth-order valence-corrected chi connectivity index (χ4v) is 2.41. The van der Waals surface area contributed by atoms with E-state index in [2.05, 4.69) is 39.2 Å². The number of rotatable bonds is 4. The molecule has 1 aliphatic carbocycles. The van der Waals surface area contributed by atoms with Crippen LogP contribution in [0.5, 0.6) is 0 Å². The summed E-state index contributed by atoms with van der Waals surface area (Å²) in [6, 6.07) is 0. The lowest BCUT2D eigenvalue weighted by molar-refractivity contribution is 1.01. The Morgan fingerprint density at radius 3 is 2.47 bits per heavy atom. The van der Waals surface area contributed by atoms with Crippen molar-refractivity contribution in [3.05, 3.63) is 58.4 Å². The van der Waals surface area contributed by atoms with Gasteiger partial charge in [-0.2, -0.15) is 0 Å². The van der Waals surface area contributed by atoms with Crippen LogP contribution in [0, 0.1) is 0 Å². The van der Waals surface area contributed by atoms with Crippen LogP contribution in [-0.2, 0) is 0 Å². The molecule has 0 amide bonds. The van der Waals surface area contributed by atoms with Gasteiger partial charge in [-0.05, 0) is 37.8 Å². The minimum Gasteiger partial charge on any atom is -0.0988 e. The van der Waals surface area contributed by atoms with Crippen LogP contribution < -0.4 is 0 Å². The first kappa shape index (κ1) is 12.1. The maximum atomic E-state index is 3.85. The summed E-state index contributed by atoms with van der Waals surface area (Å²) in [6.45, 7) is 11.9. The van der Waals surface area contributed by atoms with Gasteiger partial charge < -0.3 is 0 Å². The molecule has 0 saturated heterocycles. The lowest BCUT2D eigenvalue weighted by Crippen LogP contribution is -1.89. The molecule has 1 heteroatoms. The quantitative estimate of drug-likeness (QED) is 0.599. The molecule has 0 unspecified atom stereocenters. The van der Waals surface area contributed by atoms with Crippen LogP contribution in [0.15, 0.2) is 58.4 Å². The van der Waals surface area contributed by atoms with Crippen LogP contribution in [0.4, 0.5) is 0 Å². The molecule has 0 aromatic carbocycles. The van der Waals surface area contributed by atoms with Gasteiger partial charge in [-0.25, -0.2) is 0 Å². The lowest BCUT2D eigenvalue weighted by atomic mass is 10.1. The van der Waals surface area contributed by atoms with Crippen LogP contribution >= 0.6 is 11.8 Å². The van der Waals surface area contributed by atoms with Gasteiger partial charge in [-0.1, -0.05) is 49.2 Å². The van der Waals surface area contributed by atoms with Gasteiger partial charge >= 0.3 is 0 Å². The zero-order valence-electron chi connectivity index (χ0n) is 9.55. The second-order valence-corrected chi connectivity index (χ2v) is 4.67. The Bertz CT molecular complexity index is 354. The average molecular weight is 218 g/mol. The van der Waals surface area contributed by atoms with Gasteiger partial charge in [0.25, 0.3) is 0 Å². The lowest BCUT2D eigenvalue weighted by Gasteiger charge is -2.13. The van der Waals surface area contributed by atoms with Crippen LogP contribution in [0.25, 0.3) is 0 Å². The topological polar surface area (TPSA) is 0 Å². The molecule has 1 aliphatic rings. The highest BCUT2D eigenvalue weighted by Gasteiger charge is 2.07. The Morgan fingerprint density at radius 2 is 1.93 bits per heavy atom. The van der Waals surface area contributed by atoms with Gasteiger partial charge in [-0.15, -0.1) is 0 Å². The third-order valence-corrected chi connectivity index (χ3v) is 3.85. The summed E-state index contributed by atoms with van der Waals surface area (Å²) in [7, 11) is 0. The molecule has 15 heavy (non-hydrogen) atoms. The van der Waals surface area contributed by atoms with Gasteiger partial charge in [0.05, 0.1) is 0 Å². The van der Waals surface area contributed by atoms with E-state index in [4.69, 9.17) is 0 Å². The number of thioether (sulfide) groups is 1. The van der Waals surface area contributed by atoms with E-state index in [9.17, 15) is 0 Å². The third-order valence-electron chi connectivity index (χ3n) is 2.44. The summed E-state index contributed by atoms with van der Waals surface area (Å²) in [5.74, 6) is 0. The first-order chi connectivity index (χ1) is 7.19. The predicted molar refractivity (Wildman–Crippen MR) is 71.8 cm³/mol. The Balaban J connectivity index is 2.85. The molecule has 0 aromatic heterocycles. The number of hydrogen-bond donors (Lipinski definition) is 0. The summed E-state index contributed by atoms with van der Waals surface area (Å²) >= 11 is 1.79. The molecule has 0 heterocycles. The second-order valence-electron chi connectivity index (χ2n) is 3.59. The molecule has 0 aliphatic heterocycles. The molecule has 0 fully saturated rings. The van der Waals surface area contributed by atoms with Crippen molar-refractivity contribution in [2.45, 2.75) is 26.7 Å². The maximum Gasteiger partial charge on any atom is 0.0145 e. The highest BCUT2D eigenvalue weighted by molar-refractivity contribution is 8.07. The smallest absolute Gasteiger partial charge is 0.0145 e. The van der Waals surface area contributed by atoms with Crippen molar-refractivity contribution in [3.63, 3.8) is 0 Å². The molecular weight excluding hydrogens is 200 g/mol. The van der Waals surface area contributed by atoms with Crippen molar-refractivity contribution >= 4 is 11.8 Å². The summed E-state index contributed by atoms with van der Waals surface area (Å²) in [6.07, 6.45) is 10.7. The monoisotopic (exact) mass is 218 g/mol. The van der Waals surface area contributed by atoms with Gasteiger partial charge in [0.15, 0.2) is 0 Å². The van der Waals surface area contributed by atoms with Crippen molar-refractivity contribution in [1.29, 1.82) is 0 Å². The van der Waals surface area contributed by atoms with Gasteiger partial charge in [0.2, 0.25) is 0 Å². The van der Waals surface area contributed by atoms with Crippen LogP contribution in [0.2, 0.25) is 0 Å². The fraction of sp³-hybridized carbons (Fsp3) is 0.286. The molecule has 0 nitrogen and oxygen atoms in total.